The number of methoxy groups -OCH3 is 2. The molecule has 2 aliphatic heterocycles. The minimum atomic E-state index is -0.593. The summed E-state index contributed by atoms with van der Waals surface area (Å²) in [5, 5.41) is 5.97. The van der Waals surface area contributed by atoms with Crippen molar-refractivity contribution in [2.24, 2.45) is 0 Å². The van der Waals surface area contributed by atoms with Crippen LogP contribution < -0.4 is 0 Å². The van der Waals surface area contributed by atoms with E-state index in [9.17, 15) is 19.2 Å². The Balaban J connectivity index is 0.840. The minimum absolute atomic E-state index is 0.0368. The summed E-state index contributed by atoms with van der Waals surface area (Å²) in [7, 11) is 3.27. The van der Waals surface area contributed by atoms with Gasteiger partial charge in [-0.25, -0.2) is 0 Å². The number of hydrogen-bond acceptors (Lipinski definition) is 18. The molecule has 2 heterocycles. The van der Waals surface area contributed by atoms with Gasteiger partial charge in [0.05, 0.1) is 179 Å². The molecule has 0 bridgehead atoms. The number of nitrogens with zero attached hydrogens (tertiary/aromatic N) is 2. The fraction of sp³-hybridized carbons (Fsp3) is 0.636. The van der Waals surface area contributed by atoms with Crippen LogP contribution in [0.2, 0.25) is 0 Å². The average molecular weight is 1200 g/mol. The zero-order valence-electron chi connectivity index (χ0n) is 53.1. The zero-order valence-corrected chi connectivity index (χ0v) is 53.1. The van der Waals surface area contributed by atoms with Gasteiger partial charge in [0, 0.05) is 47.2 Å². The number of carbonyl (C=O) groups is 4. The van der Waals surface area contributed by atoms with E-state index in [-0.39, 0.29) is 80.9 Å². The third-order valence-corrected chi connectivity index (χ3v) is 15.3. The van der Waals surface area contributed by atoms with Gasteiger partial charge in [0.15, 0.2) is 0 Å². The number of ether oxygens (including phenoxy) is 14. The molecule has 0 radical (unpaired) electrons. The second kappa shape index (κ2) is 33.1. The fourth-order valence-electron chi connectivity index (χ4n) is 10.5. The molecule has 7 rings (SSSR count). The standard InChI is InChI=1S/C66H94N2O18/c1-39(27-77-43(5)31-79-41(3)29-75-25-23-73-13)67-63(69)55-19-15-51-53-17-21-57-62-58(22-18-54(60(53)62)52-16-20-56(64(67)70)61(55)59(51)52)66(72)68(65(57)71)40(2)28-78-44(6)32-81-46(8)34-83-48(10)36-85-50(12)38-86-49(11)37-84-47(9)35-82-45(7)33-80-42(4)30-76-26-24-74-14/h15-22,39-50H,23-38H2,1-14H3. The molecule has 0 aliphatic carbocycles. The summed E-state index contributed by atoms with van der Waals surface area (Å²) in [5.41, 5.74) is 1.67. The maximum Gasteiger partial charge on any atom is 0.261 e. The van der Waals surface area contributed by atoms with Crippen LogP contribution in [0.5, 0.6) is 0 Å². The molecule has 12 unspecified atom stereocenters. The number of hydrogen-bond donors (Lipinski definition) is 0. The number of imide groups is 2. The Hall–Kier alpha value is -4.88. The van der Waals surface area contributed by atoms with Crippen molar-refractivity contribution in [3.8, 4) is 0 Å². The largest absolute Gasteiger partial charge is 0.382 e. The predicted molar refractivity (Wildman–Crippen MR) is 327 cm³/mol. The molecule has 20 heteroatoms. The van der Waals surface area contributed by atoms with Crippen molar-refractivity contribution in [2.45, 2.75) is 156 Å². The number of benzene rings is 5. The summed E-state index contributed by atoms with van der Waals surface area (Å²) < 4.78 is 81.1. The van der Waals surface area contributed by atoms with Crippen LogP contribution in [0.25, 0.3) is 43.1 Å². The Morgan fingerprint density at radius 1 is 0.279 bits per heavy atom. The summed E-state index contributed by atoms with van der Waals surface area (Å²) in [6.07, 6.45) is -1.73. The van der Waals surface area contributed by atoms with Crippen molar-refractivity contribution in [1.29, 1.82) is 0 Å². The van der Waals surface area contributed by atoms with E-state index < -0.39 is 35.7 Å². The molecule has 12 atom stereocenters. The molecule has 4 amide bonds. The lowest BCUT2D eigenvalue weighted by Gasteiger charge is -2.34. The van der Waals surface area contributed by atoms with Gasteiger partial charge in [-0.1, -0.05) is 24.3 Å². The summed E-state index contributed by atoms with van der Waals surface area (Å²) in [6.45, 7) is 29.3. The highest BCUT2D eigenvalue weighted by Crippen LogP contribution is 2.46. The SMILES string of the molecule is COCCOCC(C)OCC(C)OCC(C)OCC(C)OCC(C)OCC(C)OCC(C)OCC(C)OCC(C)N1C(=O)c2ccc3c4ccc5c6c(ccc(c7ccc(c2c37)C1=O)c64)C(=O)N(C(C)COC(C)COC(C)COCCOC)C5=O. The lowest BCUT2D eigenvalue weighted by molar-refractivity contribution is -0.110. The number of rotatable bonds is 42. The molecule has 5 aromatic carbocycles. The van der Waals surface area contributed by atoms with Gasteiger partial charge in [-0.05, 0) is 140 Å². The third kappa shape index (κ3) is 17.7. The highest BCUT2D eigenvalue weighted by atomic mass is 16.6. The highest BCUT2D eigenvalue weighted by molar-refractivity contribution is 6.41. The summed E-state index contributed by atoms with van der Waals surface area (Å²) >= 11 is 0. The maximum atomic E-state index is 14.5. The Morgan fingerprint density at radius 2 is 0.488 bits per heavy atom. The van der Waals surface area contributed by atoms with E-state index in [1.807, 2.05) is 93.5 Å². The maximum absolute atomic E-state index is 14.5. The Bertz CT molecular complexity index is 2870. The molecule has 0 spiro atoms. The molecule has 0 saturated carbocycles. The monoisotopic (exact) mass is 1200 g/mol. The predicted octanol–water partition coefficient (Wildman–Crippen LogP) is 9.08. The van der Waals surface area contributed by atoms with Gasteiger partial charge in [0.1, 0.15) is 0 Å². The van der Waals surface area contributed by atoms with Crippen molar-refractivity contribution in [3.05, 3.63) is 70.8 Å². The van der Waals surface area contributed by atoms with Crippen molar-refractivity contribution >= 4 is 66.7 Å². The number of carbonyl (C=O) groups excluding carboxylic acids is 4. The summed E-state index contributed by atoms with van der Waals surface area (Å²) in [4.78, 5) is 60.1. The van der Waals surface area contributed by atoms with Crippen LogP contribution >= 0.6 is 0 Å². The van der Waals surface area contributed by atoms with Crippen molar-refractivity contribution in [3.63, 3.8) is 0 Å². The average Bonchev–Trinajstić information content (AvgIpc) is 0.698. The highest BCUT2D eigenvalue weighted by Gasteiger charge is 2.40. The number of amides is 4. The van der Waals surface area contributed by atoms with Gasteiger partial charge in [-0.3, -0.25) is 29.0 Å². The van der Waals surface area contributed by atoms with Gasteiger partial charge < -0.3 is 66.3 Å². The van der Waals surface area contributed by atoms with Gasteiger partial charge in [0.2, 0.25) is 0 Å². The van der Waals surface area contributed by atoms with E-state index in [4.69, 9.17) is 66.3 Å². The van der Waals surface area contributed by atoms with Crippen LogP contribution in [-0.4, -0.2) is 226 Å². The van der Waals surface area contributed by atoms with Crippen LogP contribution in [0, 0.1) is 0 Å². The molecular weight excluding hydrogens is 1110 g/mol. The molecule has 0 saturated heterocycles. The van der Waals surface area contributed by atoms with Crippen molar-refractivity contribution < 1.29 is 85.5 Å². The van der Waals surface area contributed by atoms with Gasteiger partial charge in [0.25, 0.3) is 23.6 Å². The van der Waals surface area contributed by atoms with E-state index in [0.29, 0.717) is 119 Å². The third-order valence-electron chi connectivity index (χ3n) is 15.3. The van der Waals surface area contributed by atoms with E-state index >= 15 is 0 Å². The second-order valence-corrected chi connectivity index (χ2v) is 23.4. The molecular formula is C66H94N2O18. The molecule has 0 fully saturated rings. The zero-order chi connectivity index (χ0) is 62.2. The van der Waals surface area contributed by atoms with Gasteiger partial charge >= 0.3 is 0 Å². The van der Waals surface area contributed by atoms with Crippen LogP contribution in [-0.2, 0) is 66.3 Å². The fourth-order valence-corrected chi connectivity index (χ4v) is 10.5. The molecule has 86 heavy (non-hydrogen) atoms. The normalized spacial score (nSPS) is 18.1. The first-order valence-electron chi connectivity index (χ1n) is 30.5. The molecule has 20 nitrogen and oxygen atoms in total. The molecule has 0 N–H and O–H groups in total. The lowest BCUT2D eigenvalue weighted by atomic mass is 9.82. The Morgan fingerprint density at radius 3 is 0.709 bits per heavy atom. The number of fused-ring (bicyclic) bond motifs is 2. The molecule has 0 aromatic heterocycles. The summed E-state index contributed by atoms with van der Waals surface area (Å²) in [5.74, 6) is -1.62. The van der Waals surface area contributed by atoms with E-state index in [2.05, 4.69) is 0 Å². The van der Waals surface area contributed by atoms with Gasteiger partial charge in [-0.15, -0.1) is 0 Å². The smallest absolute Gasteiger partial charge is 0.261 e. The molecule has 5 aromatic rings. The Labute approximate surface area is 507 Å². The van der Waals surface area contributed by atoms with E-state index in [0.717, 1.165) is 32.3 Å². The van der Waals surface area contributed by atoms with Crippen LogP contribution in [0.15, 0.2) is 48.5 Å². The quantitative estimate of drug-likeness (QED) is 0.0155. The molecule has 2 aliphatic rings. The minimum Gasteiger partial charge on any atom is -0.382 e. The Kier molecular flexibility index (Phi) is 26.4. The van der Waals surface area contributed by atoms with Crippen LogP contribution in [0.3, 0.4) is 0 Å². The topological polar surface area (TPSA) is 204 Å². The lowest BCUT2D eigenvalue weighted by Crippen LogP contribution is -2.48. The first kappa shape index (κ1) is 68.6. The van der Waals surface area contributed by atoms with Crippen LogP contribution in [0.4, 0.5) is 0 Å². The van der Waals surface area contributed by atoms with E-state index in [1.54, 1.807) is 52.3 Å². The van der Waals surface area contributed by atoms with E-state index in [1.165, 1.54) is 9.80 Å². The second-order valence-electron chi connectivity index (χ2n) is 23.4. The molecule has 476 valence electrons. The summed E-state index contributed by atoms with van der Waals surface area (Å²) in [6, 6.07) is 13.6. The van der Waals surface area contributed by atoms with Gasteiger partial charge in [-0.2, -0.15) is 0 Å². The first-order valence-corrected chi connectivity index (χ1v) is 30.5. The van der Waals surface area contributed by atoms with Crippen molar-refractivity contribution in [2.75, 3.05) is 120 Å². The van der Waals surface area contributed by atoms with Crippen LogP contribution in [0.1, 0.15) is 125 Å². The first-order chi connectivity index (χ1) is 41.2. The van der Waals surface area contributed by atoms with Crippen molar-refractivity contribution in [1.82, 2.24) is 9.80 Å².